The standard InChI is InChI=1S/C12H23NO3/c1-3-5-7-16-12(14)9-13-6-8-15-10-11(13)4-2/h11H,3-10H2,1-2H3. The zero-order valence-electron chi connectivity index (χ0n) is 10.4. The zero-order chi connectivity index (χ0) is 11.8. The van der Waals surface area contributed by atoms with E-state index in [1.165, 1.54) is 0 Å². The predicted octanol–water partition coefficient (Wildman–Crippen LogP) is 1.44. The molecule has 0 aromatic carbocycles. The molecule has 0 amide bonds. The summed E-state index contributed by atoms with van der Waals surface area (Å²) in [4.78, 5) is 13.7. The largest absolute Gasteiger partial charge is 0.465 e. The van der Waals surface area contributed by atoms with Gasteiger partial charge in [-0.15, -0.1) is 0 Å². The Hall–Kier alpha value is -0.610. The molecule has 1 heterocycles. The molecule has 1 atom stereocenters. The van der Waals surface area contributed by atoms with Gasteiger partial charge in [-0.25, -0.2) is 0 Å². The number of ether oxygens (including phenoxy) is 2. The number of unbranched alkanes of at least 4 members (excludes halogenated alkanes) is 1. The molecule has 4 nitrogen and oxygen atoms in total. The molecule has 16 heavy (non-hydrogen) atoms. The predicted molar refractivity (Wildman–Crippen MR) is 62.3 cm³/mol. The molecule has 0 radical (unpaired) electrons. The SMILES string of the molecule is CCCCOC(=O)CN1CCOCC1CC. The minimum atomic E-state index is -0.103. The van der Waals surface area contributed by atoms with Crippen molar-refractivity contribution in [2.24, 2.45) is 0 Å². The Bertz CT molecular complexity index is 208. The molecule has 1 unspecified atom stereocenters. The second-order valence-electron chi connectivity index (χ2n) is 4.18. The van der Waals surface area contributed by atoms with E-state index in [-0.39, 0.29) is 5.97 Å². The van der Waals surface area contributed by atoms with Crippen LogP contribution in [0.15, 0.2) is 0 Å². The van der Waals surface area contributed by atoms with Crippen LogP contribution < -0.4 is 0 Å². The summed E-state index contributed by atoms with van der Waals surface area (Å²) in [7, 11) is 0. The van der Waals surface area contributed by atoms with Crippen molar-refractivity contribution in [2.75, 3.05) is 32.9 Å². The summed E-state index contributed by atoms with van der Waals surface area (Å²) < 4.78 is 10.5. The zero-order valence-corrected chi connectivity index (χ0v) is 10.4. The van der Waals surface area contributed by atoms with Gasteiger partial charge in [0.05, 0.1) is 26.4 Å². The van der Waals surface area contributed by atoms with E-state index in [9.17, 15) is 4.79 Å². The van der Waals surface area contributed by atoms with E-state index in [1.807, 2.05) is 0 Å². The van der Waals surface area contributed by atoms with Crippen molar-refractivity contribution in [3.05, 3.63) is 0 Å². The Morgan fingerprint density at radius 2 is 2.31 bits per heavy atom. The van der Waals surface area contributed by atoms with Gasteiger partial charge >= 0.3 is 5.97 Å². The van der Waals surface area contributed by atoms with E-state index in [1.54, 1.807) is 0 Å². The molecule has 0 saturated carbocycles. The van der Waals surface area contributed by atoms with E-state index >= 15 is 0 Å². The number of hydrogen-bond acceptors (Lipinski definition) is 4. The molecule has 0 aromatic rings. The summed E-state index contributed by atoms with van der Waals surface area (Å²) >= 11 is 0. The molecule has 0 aromatic heterocycles. The van der Waals surface area contributed by atoms with Gasteiger partial charge in [-0.05, 0) is 12.8 Å². The first-order valence-electron chi connectivity index (χ1n) is 6.25. The van der Waals surface area contributed by atoms with Crippen LogP contribution >= 0.6 is 0 Å². The van der Waals surface area contributed by atoms with Gasteiger partial charge in [-0.3, -0.25) is 9.69 Å². The molecule has 0 N–H and O–H groups in total. The topological polar surface area (TPSA) is 38.8 Å². The minimum Gasteiger partial charge on any atom is -0.465 e. The molecule has 1 aliphatic rings. The molecule has 4 heteroatoms. The summed E-state index contributed by atoms with van der Waals surface area (Å²) in [6.07, 6.45) is 3.02. The lowest BCUT2D eigenvalue weighted by Gasteiger charge is -2.34. The van der Waals surface area contributed by atoms with Crippen LogP contribution in [0, 0.1) is 0 Å². The quantitative estimate of drug-likeness (QED) is 0.510. The highest BCUT2D eigenvalue weighted by atomic mass is 16.5. The van der Waals surface area contributed by atoms with E-state index in [4.69, 9.17) is 9.47 Å². The van der Waals surface area contributed by atoms with Crippen LogP contribution in [0.4, 0.5) is 0 Å². The summed E-state index contributed by atoms with van der Waals surface area (Å²) in [5.74, 6) is -0.103. The first kappa shape index (κ1) is 13.5. The number of rotatable bonds is 6. The van der Waals surface area contributed by atoms with Crippen molar-refractivity contribution in [2.45, 2.75) is 39.2 Å². The fraction of sp³-hybridized carbons (Fsp3) is 0.917. The third-order valence-corrected chi connectivity index (χ3v) is 2.91. The van der Waals surface area contributed by atoms with Crippen molar-refractivity contribution >= 4 is 5.97 Å². The maximum absolute atomic E-state index is 11.5. The lowest BCUT2D eigenvalue weighted by atomic mass is 10.2. The van der Waals surface area contributed by atoms with Crippen LogP contribution in [0.5, 0.6) is 0 Å². The number of esters is 1. The summed E-state index contributed by atoms with van der Waals surface area (Å²) in [6.45, 7) is 7.46. The normalized spacial score (nSPS) is 22.0. The molecule has 1 aliphatic heterocycles. The molecular formula is C12H23NO3. The third kappa shape index (κ3) is 4.49. The molecule has 94 valence electrons. The maximum Gasteiger partial charge on any atom is 0.320 e. The van der Waals surface area contributed by atoms with Gasteiger partial charge in [-0.1, -0.05) is 20.3 Å². The Morgan fingerprint density at radius 3 is 3.00 bits per heavy atom. The second kappa shape index (κ2) is 7.63. The summed E-state index contributed by atoms with van der Waals surface area (Å²) in [5.41, 5.74) is 0. The van der Waals surface area contributed by atoms with Gasteiger partial charge in [0.15, 0.2) is 0 Å². The Labute approximate surface area is 97.9 Å². The van der Waals surface area contributed by atoms with Crippen LogP contribution in [-0.4, -0.2) is 49.8 Å². The molecule has 1 fully saturated rings. The van der Waals surface area contributed by atoms with Gasteiger partial charge in [0.2, 0.25) is 0 Å². The Morgan fingerprint density at radius 1 is 1.50 bits per heavy atom. The fourth-order valence-corrected chi connectivity index (χ4v) is 1.82. The third-order valence-electron chi connectivity index (χ3n) is 2.91. The van der Waals surface area contributed by atoms with Crippen molar-refractivity contribution in [1.82, 2.24) is 4.90 Å². The molecule has 1 saturated heterocycles. The van der Waals surface area contributed by atoms with Crippen LogP contribution in [-0.2, 0) is 14.3 Å². The van der Waals surface area contributed by atoms with Crippen molar-refractivity contribution in [3.8, 4) is 0 Å². The first-order valence-corrected chi connectivity index (χ1v) is 6.25. The van der Waals surface area contributed by atoms with E-state index < -0.39 is 0 Å². The number of carbonyl (C=O) groups is 1. The van der Waals surface area contributed by atoms with Crippen molar-refractivity contribution < 1.29 is 14.3 Å². The lowest BCUT2D eigenvalue weighted by molar-refractivity contribution is -0.147. The number of hydrogen-bond donors (Lipinski definition) is 0. The smallest absolute Gasteiger partial charge is 0.320 e. The van der Waals surface area contributed by atoms with Gasteiger partial charge in [0.25, 0.3) is 0 Å². The van der Waals surface area contributed by atoms with Crippen LogP contribution in [0.25, 0.3) is 0 Å². The van der Waals surface area contributed by atoms with Gasteiger partial charge in [0, 0.05) is 12.6 Å². The Balaban J connectivity index is 2.25. The maximum atomic E-state index is 11.5. The molecular weight excluding hydrogens is 206 g/mol. The highest BCUT2D eigenvalue weighted by Crippen LogP contribution is 2.09. The molecule has 1 rings (SSSR count). The first-order chi connectivity index (χ1) is 7.77. The highest BCUT2D eigenvalue weighted by molar-refractivity contribution is 5.71. The summed E-state index contributed by atoms with van der Waals surface area (Å²) in [6, 6.07) is 0.368. The van der Waals surface area contributed by atoms with E-state index in [0.29, 0.717) is 19.2 Å². The van der Waals surface area contributed by atoms with Crippen LogP contribution in [0.1, 0.15) is 33.1 Å². The lowest BCUT2D eigenvalue weighted by Crippen LogP contribution is -2.47. The average Bonchev–Trinajstić information content (AvgIpc) is 2.30. The number of carbonyl (C=O) groups excluding carboxylic acids is 1. The van der Waals surface area contributed by atoms with Crippen molar-refractivity contribution in [3.63, 3.8) is 0 Å². The van der Waals surface area contributed by atoms with E-state index in [2.05, 4.69) is 18.7 Å². The Kier molecular flexibility index (Phi) is 6.42. The minimum absolute atomic E-state index is 0.103. The highest BCUT2D eigenvalue weighted by Gasteiger charge is 2.23. The van der Waals surface area contributed by atoms with Crippen LogP contribution in [0.3, 0.4) is 0 Å². The van der Waals surface area contributed by atoms with Gasteiger partial charge in [0.1, 0.15) is 0 Å². The van der Waals surface area contributed by atoms with Crippen LogP contribution in [0.2, 0.25) is 0 Å². The average molecular weight is 229 g/mol. The number of nitrogens with zero attached hydrogens (tertiary/aromatic N) is 1. The second-order valence-corrected chi connectivity index (χ2v) is 4.18. The van der Waals surface area contributed by atoms with E-state index in [0.717, 1.165) is 39.0 Å². The van der Waals surface area contributed by atoms with Gasteiger partial charge < -0.3 is 9.47 Å². The number of morpholine rings is 1. The van der Waals surface area contributed by atoms with Crippen molar-refractivity contribution in [1.29, 1.82) is 0 Å². The van der Waals surface area contributed by atoms with Gasteiger partial charge in [-0.2, -0.15) is 0 Å². The molecule has 0 aliphatic carbocycles. The fourth-order valence-electron chi connectivity index (χ4n) is 1.82. The molecule has 0 spiro atoms. The molecule has 0 bridgehead atoms. The summed E-state index contributed by atoms with van der Waals surface area (Å²) in [5, 5.41) is 0. The monoisotopic (exact) mass is 229 g/mol.